The summed E-state index contributed by atoms with van der Waals surface area (Å²) in [5, 5.41) is 3.62. The lowest BCUT2D eigenvalue weighted by Crippen LogP contribution is -2.50. The van der Waals surface area contributed by atoms with Crippen molar-refractivity contribution in [3.8, 4) is 0 Å². The molecule has 0 saturated heterocycles. The summed E-state index contributed by atoms with van der Waals surface area (Å²) in [5.41, 5.74) is 2.45. The van der Waals surface area contributed by atoms with Gasteiger partial charge in [-0.3, -0.25) is 9.59 Å². The van der Waals surface area contributed by atoms with E-state index in [-0.39, 0.29) is 24.8 Å². The number of carbonyl (C=O) groups excluding carboxylic acids is 2. The third kappa shape index (κ3) is 6.09. The lowest BCUT2D eigenvalue weighted by atomic mass is 10.0. The molecule has 1 atom stereocenters. The Morgan fingerprint density at radius 2 is 1.39 bits per heavy atom. The van der Waals surface area contributed by atoms with Crippen LogP contribution in [0, 0.1) is 0 Å². The van der Waals surface area contributed by atoms with Gasteiger partial charge >= 0.3 is 0 Å². The largest absolute Gasteiger partial charge is 0.357 e. The molecule has 0 saturated carbocycles. The van der Waals surface area contributed by atoms with Crippen molar-refractivity contribution in [1.29, 1.82) is 0 Å². The molecular weight excluding hydrogens is 431 g/mol. The molecule has 31 heavy (non-hydrogen) atoms. The van der Waals surface area contributed by atoms with E-state index in [1.807, 2.05) is 60.7 Å². The number of benzene rings is 3. The third-order valence-corrected chi connectivity index (χ3v) is 5.81. The summed E-state index contributed by atoms with van der Waals surface area (Å²) in [4.78, 5) is 27.9. The predicted octanol–water partition coefficient (Wildman–Crippen LogP) is 4.92. The molecule has 0 heterocycles. The summed E-state index contributed by atoms with van der Waals surface area (Å²) in [6, 6.07) is 23.6. The van der Waals surface area contributed by atoms with Crippen molar-refractivity contribution >= 4 is 35.0 Å². The fourth-order valence-electron chi connectivity index (χ4n) is 3.45. The molecule has 2 amide bonds. The Kier molecular flexibility index (Phi) is 8.10. The highest BCUT2D eigenvalue weighted by Crippen LogP contribution is 2.27. The molecule has 3 aromatic rings. The second-order valence-corrected chi connectivity index (χ2v) is 8.02. The predicted molar refractivity (Wildman–Crippen MR) is 125 cm³/mol. The quantitative estimate of drug-likeness (QED) is 0.524. The molecule has 0 aliphatic heterocycles. The number of hydrogen-bond acceptors (Lipinski definition) is 2. The zero-order valence-corrected chi connectivity index (χ0v) is 18.7. The minimum atomic E-state index is -0.712. The normalized spacial score (nSPS) is 11.6. The highest BCUT2D eigenvalue weighted by atomic mass is 35.5. The molecule has 0 spiro atoms. The number of halogens is 2. The van der Waals surface area contributed by atoms with E-state index in [1.165, 1.54) is 0 Å². The number of amides is 2. The summed E-state index contributed by atoms with van der Waals surface area (Å²) >= 11 is 12.8. The van der Waals surface area contributed by atoms with Gasteiger partial charge in [-0.15, -0.1) is 0 Å². The van der Waals surface area contributed by atoms with Crippen molar-refractivity contribution < 1.29 is 9.59 Å². The summed E-state index contributed by atoms with van der Waals surface area (Å²) in [6.07, 6.45) is 0.550. The van der Waals surface area contributed by atoms with Gasteiger partial charge in [-0.2, -0.15) is 0 Å². The van der Waals surface area contributed by atoms with Gasteiger partial charge in [-0.25, -0.2) is 0 Å². The SMILES string of the molecule is CNC(=O)C(Cc1ccccc1)N(Cc1c(Cl)cccc1Cl)C(=O)Cc1ccccc1. The van der Waals surface area contributed by atoms with Crippen LogP contribution in [0.15, 0.2) is 78.9 Å². The maximum Gasteiger partial charge on any atom is 0.242 e. The number of rotatable bonds is 8. The Bertz CT molecular complexity index is 1010. The van der Waals surface area contributed by atoms with Crippen LogP contribution in [-0.4, -0.2) is 29.8 Å². The Morgan fingerprint density at radius 3 is 1.94 bits per heavy atom. The van der Waals surface area contributed by atoms with Gasteiger partial charge in [0, 0.05) is 35.6 Å². The van der Waals surface area contributed by atoms with Gasteiger partial charge in [0.05, 0.1) is 6.42 Å². The first kappa shape index (κ1) is 22.9. The van der Waals surface area contributed by atoms with Crippen LogP contribution in [0.5, 0.6) is 0 Å². The van der Waals surface area contributed by atoms with Crippen molar-refractivity contribution in [2.24, 2.45) is 0 Å². The first-order chi connectivity index (χ1) is 15.0. The van der Waals surface area contributed by atoms with Crippen LogP contribution in [0.2, 0.25) is 10.0 Å². The Balaban J connectivity index is 1.98. The number of carbonyl (C=O) groups is 2. The molecule has 0 radical (unpaired) electrons. The van der Waals surface area contributed by atoms with E-state index in [2.05, 4.69) is 5.32 Å². The summed E-state index contributed by atoms with van der Waals surface area (Å²) < 4.78 is 0. The van der Waals surface area contributed by atoms with E-state index < -0.39 is 6.04 Å². The maximum atomic E-state index is 13.5. The highest BCUT2D eigenvalue weighted by molar-refractivity contribution is 6.36. The molecule has 3 rings (SSSR count). The molecule has 0 aliphatic rings. The van der Waals surface area contributed by atoms with Crippen LogP contribution in [0.3, 0.4) is 0 Å². The molecule has 1 N–H and O–H groups in total. The molecule has 0 aromatic heterocycles. The topological polar surface area (TPSA) is 49.4 Å². The lowest BCUT2D eigenvalue weighted by Gasteiger charge is -2.31. The zero-order valence-electron chi connectivity index (χ0n) is 17.2. The van der Waals surface area contributed by atoms with Crippen LogP contribution in [0.1, 0.15) is 16.7 Å². The molecule has 0 aliphatic carbocycles. The van der Waals surface area contributed by atoms with Crippen LogP contribution in [0.25, 0.3) is 0 Å². The van der Waals surface area contributed by atoms with Crippen molar-refractivity contribution in [2.45, 2.75) is 25.4 Å². The third-order valence-electron chi connectivity index (χ3n) is 5.11. The van der Waals surface area contributed by atoms with Gasteiger partial charge in [0.1, 0.15) is 6.04 Å². The summed E-state index contributed by atoms with van der Waals surface area (Å²) in [7, 11) is 1.57. The first-order valence-corrected chi connectivity index (χ1v) is 10.8. The average Bonchev–Trinajstić information content (AvgIpc) is 2.78. The standard InChI is InChI=1S/C25H24Cl2N2O2/c1-28-25(31)23(15-18-9-4-2-5-10-18)29(17-20-21(26)13-8-14-22(20)27)24(30)16-19-11-6-3-7-12-19/h2-14,23H,15-17H2,1H3,(H,28,31). The van der Waals surface area contributed by atoms with E-state index >= 15 is 0 Å². The number of nitrogens with one attached hydrogen (secondary N) is 1. The summed E-state index contributed by atoms with van der Waals surface area (Å²) in [6.45, 7) is 0.134. The van der Waals surface area contributed by atoms with Crippen molar-refractivity contribution in [2.75, 3.05) is 7.05 Å². The van der Waals surface area contributed by atoms with Crippen LogP contribution < -0.4 is 5.32 Å². The monoisotopic (exact) mass is 454 g/mol. The van der Waals surface area contributed by atoms with Crippen LogP contribution in [0.4, 0.5) is 0 Å². The van der Waals surface area contributed by atoms with Crippen molar-refractivity contribution in [3.05, 3.63) is 106 Å². The summed E-state index contributed by atoms with van der Waals surface area (Å²) in [5.74, 6) is -0.417. The first-order valence-electron chi connectivity index (χ1n) is 10.0. The smallest absolute Gasteiger partial charge is 0.242 e. The average molecular weight is 455 g/mol. The van der Waals surface area contributed by atoms with Gasteiger partial charge in [-0.1, -0.05) is 89.9 Å². The highest BCUT2D eigenvalue weighted by Gasteiger charge is 2.30. The van der Waals surface area contributed by atoms with Crippen LogP contribution in [-0.2, 0) is 29.0 Å². The van der Waals surface area contributed by atoms with Gasteiger partial charge in [0.15, 0.2) is 0 Å². The van der Waals surface area contributed by atoms with Gasteiger partial charge in [0.2, 0.25) is 11.8 Å². The minimum absolute atomic E-state index is 0.134. The number of hydrogen-bond donors (Lipinski definition) is 1. The molecule has 4 nitrogen and oxygen atoms in total. The van der Waals surface area contributed by atoms with Gasteiger partial charge in [0.25, 0.3) is 0 Å². The van der Waals surface area contributed by atoms with Crippen molar-refractivity contribution in [1.82, 2.24) is 10.2 Å². The van der Waals surface area contributed by atoms with Gasteiger partial charge < -0.3 is 10.2 Å². The number of nitrogens with zero attached hydrogens (tertiary/aromatic N) is 1. The van der Waals surface area contributed by atoms with Crippen molar-refractivity contribution in [3.63, 3.8) is 0 Å². The fraction of sp³-hybridized carbons (Fsp3) is 0.200. The zero-order chi connectivity index (χ0) is 22.2. The van der Waals surface area contributed by atoms with Crippen LogP contribution >= 0.6 is 23.2 Å². The minimum Gasteiger partial charge on any atom is -0.357 e. The Morgan fingerprint density at radius 1 is 0.839 bits per heavy atom. The van der Waals surface area contributed by atoms with E-state index in [1.54, 1.807) is 30.1 Å². The fourth-order valence-corrected chi connectivity index (χ4v) is 3.96. The molecule has 0 bridgehead atoms. The molecular formula is C25H24Cl2N2O2. The molecule has 6 heteroatoms. The van der Waals surface area contributed by atoms with E-state index in [9.17, 15) is 9.59 Å². The Labute approximate surface area is 192 Å². The lowest BCUT2D eigenvalue weighted by molar-refractivity contribution is -0.140. The second kappa shape index (κ2) is 11.0. The molecule has 3 aromatic carbocycles. The van der Waals surface area contributed by atoms with E-state index in [0.29, 0.717) is 22.0 Å². The van der Waals surface area contributed by atoms with Gasteiger partial charge in [-0.05, 0) is 23.3 Å². The molecule has 1 unspecified atom stereocenters. The second-order valence-electron chi connectivity index (χ2n) is 7.20. The van der Waals surface area contributed by atoms with E-state index in [4.69, 9.17) is 23.2 Å². The Hall–Kier alpha value is -2.82. The molecule has 160 valence electrons. The van der Waals surface area contributed by atoms with E-state index in [0.717, 1.165) is 11.1 Å². The molecule has 0 fully saturated rings. The number of likely N-dealkylation sites (N-methyl/N-ethyl adjacent to an activating group) is 1. The maximum absolute atomic E-state index is 13.5.